The van der Waals surface area contributed by atoms with Gasteiger partial charge in [0.25, 0.3) is 0 Å². The van der Waals surface area contributed by atoms with E-state index in [1.165, 1.54) is 35.6 Å². The summed E-state index contributed by atoms with van der Waals surface area (Å²) >= 11 is 0. The summed E-state index contributed by atoms with van der Waals surface area (Å²) in [5.41, 5.74) is 5.79. The zero-order valence-electron chi connectivity index (χ0n) is 18.0. The number of likely N-dealkylation sites (tertiary alicyclic amines) is 1. The molecule has 1 atom stereocenters. The summed E-state index contributed by atoms with van der Waals surface area (Å²) in [7, 11) is -3.21. The number of hydrogen-bond acceptors (Lipinski definition) is 4. The largest absolute Gasteiger partial charge is 0.299 e. The molecule has 3 aromatic rings. The van der Waals surface area contributed by atoms with Crippen LogP contribution in [0.25, 0.3) is 10.9 Å². The van der Waals surface area contributed by atoms with Crippen molar-refractivity contribution in [3.63, 3.8) is 0 Å². The number of hydrogen-bond donors (Lipinski definition) is 1. The van der Waals surface area contributed by atoms with Crippen LogP contribution in [0.15, 0.2) is 42.6 Å². The number of fused-ring (bicyclic) bond motifs is 2. The highest BCUT2D eigenvalue weighted by molar-refractivity contribution is 7.92. The first-order chi connectivity index (χ1) is 15.0. The van der Waals surface area contributed by atoms with Crippen LogP contribution in [0.1, 0.15) is 36.0 Å². The second-order valence-corrected chi connectivity index (χ2v) is 11.0. The summed E-state index contributed by atoms with van der Waals surface area (Å²) in [6.45, 7) is 3.76. The van der Waals surface area contributed by atoms with Crippen molar-refractivity contribution in [3.8, 4) is 0 Å². The molecule has 0 saturated carbocycles. The van der Waals surface area contributed by atoms with E-state index in [2.05, 4.69) is 45.4 Å². The average Bonchev–Trinajstić information content (AvgIpc) is 3.21. The van der Waals surface area contributed by atoms with E-state index in [4.69, 9.17) is 0 Å². The molecular weight excluding hydrogens is 408 g/mol. The number of nitrogens with one attached hydrogen (secondary N) is 1. The van der Waals surface area contributed by atoms with E-state index in [0.717, 1.165) is 55.7 Å². The van der Waals surface area contributed by atoms with Crippen LogP contribution in [0.2, 0.25) is 0 Å². The number of aromatic nitrogens is 2. The minimum atomic E-state index is -3.21. The molecule has 31 heavy (non-hydrogen) atoms. The maximum absolute atomic E-state index is 12.1. The third kappa shape index (κ3) is 4.48. The Hall–Kier alpha value is -2.38. The van der Waals surface area contributed by atoms with Gasteiger partial charge in [-0.25, -0.2) is 8.42 Å². The Labute approximate surface area is 184 Å². The van der Waals surface area contributed by atoms with Gasteiger partial charge in [0, 0.05) is 25.0 Å². The number of aromatic amines is 1. The van der Waals surface area contributed by atoms with Crippen molar-refractivity contribution in [2.45, 2.75) is 38.6 Å². The molecule has 3 heterocycles. The normalized spacial score (nSPS) is 20.2. The van der Waals surface area contributed by atoms with Gasteiger partial charge in [-0.3, -0.25) is 14.3 Å². The number of benzene rings is 2. The molecule has 6 nitrogen and oxygen atoms in total. The van der Waals surface area contributed by atoms with Crippen molar-refractivity contribution in [2.75, 3.05) is 30.2 Å². The maximum Gasteiger partial charge on any atom is 0.232 e. The van der Waals surface area contributed by atoms with Crippen LogP contribution < -0.4 is 4.31 Å². The summed E-state index contributed by atoms with van der Waals surface area (Å²) < 4.78 is 25.8. The number of aryl methyl sites for hydroxylation is 1. The first kappa shape index (κ1) is 20.5. The Kier molecular flexibility index (Phi) is 5.48. The van der Waals surface area contributed by atoms with Crippen molar-refractivity contribution in [1.82, 2.24) is 15.1 Å². The van der Waals surface area contributed by atoms with Crippen LogP contribution in [0.4, 0.5) is 5.69 Å². The molecule has 1 saturated heterocycles. The molecule has 7 heteroatoms. The fourth-order valence-corrected chi connectivity index (χ4v) is 6.23. The molecule has 2 aliphatic heterocycles. The molecule has 0 aliphatic carbocycles. The highest BCUT2D eigenvalue weighted by Crippen LogP contribution is 2.31. The van der Waals surface area contributed by atoms with Crippen molar-refractivity contribution in [3.05, 3.63) is 59.3 Å². The van der Waals surface area contributed by atoms with E-state index in [-0.39, 0.29) is 0 Å². The monoisotopic (exact) mass is 438 g/mol. The van der Waals surface area contributed by atoms with Gasteiger partial charge in [-0.2, -0.15) is 5.10 Å². The van der Waals surface area contributed by atoms with E-state index < -0.39 is 10.0 Å². The van der Waals surface area contributed by atoms with E-state index in [0.29, 0.717) is 12.5 Å². The van der Waals surface area contributed by atoms with Crippen molar-refractivity contribution in [2.24, 2.45) is 5.92 Å². The van der Waals surface area contributed by atoms with Crippen LogP contribution in [0.5, 0.6) is 0 Å². The summed E-state index contributed by atoms with van der Waals surface area (Å²) in [4.78, 5) is 2.56. The van der Waals surface area contributed by atoms with Crippen molar-refractivity contribution in [1.29, 1.82) is 0 Å². The minimum Gasteiger partial charge on any atom is -0.299 e. The van der Waals surface area contributed by atoms with Gasteiger partial charge in [0.1, 0.15) is 0 Å². The third-order valence-corrected chi connectivity index (χ3v) is 7.84. The zero-order chi connectivity index (χ0) is 21.4. The van der Waals surface area contributed by atoms with E-state index in [9.17, 15) is 8.42 Å². The first-order valence-electron chi connectivity index (χ1n) is 11.2. The topological polar surface area (TPSA) is 69.3 Å². The summed E-state index contributed by atoms with van der Waals surface area (Å²) in [5.74, 6) is 0.663. The fraction of sp³-hybridized carbons (Fsp3) is 0.458. The van der Waals surface area contributed by atoms with Gasteiger partial charge in [0.2, 0.25) is 10.0 Å². The van der Waals surface area contributed by atoms with Crippen molar-refractivity contribution >= 4 is 26.6 Å². The Morgan fingerprint density at radius 1 is 1.10 bits per heavy atom. The molecule has 0 radical (unpaired) electrons. The maximum atomic E-state index is 12.1. The summed E-state index contributed by atoms with van der Waals surface area (Å²) in [5, 5.41) is 8.33. The minimum absolute atomic E-state index is 0.587. The van der Waals surface area contributed by atoms with Gasteiger partial charge >= 0.3 is 0 Å². The molecule has 2 aromatic carbocycles. The highest BCUT2D eigenvalue weighted by atomic mass is 32.2. The number of rotatable bonds is 5. The second-order valence-electron chi connectivity index (χ2n) is 9.14. The lowest BCUT2D eigenvalue weighted by Gasteiger charge is -2.34. The van der Waals surface area contributed by atoms with E-state index in [1.807, 2.05) is 12.3 Å². The Morgan fingerprint density at radius 3 is 2.84 bits per heavy atom. The SMILES string of the molecule is CS(=O)(=O)N1CCCc2cc(CN3CCC[C@H](Cc4ccc5[nH]ncc5c4)C3)ccc21. The van der Waals surface area contributed by atoms with Gasteiger partial charge in [0.05, 0.1) is 23.7 Å². The van der Waals surface area contributed by atoms with Gasteiger partial charge in [0.15, 0.2) is 0 Å². The van der Waals surface area contributed by atoms with Gasteiger partial charge < -0.3 is 0 Å². The first-order valence-corrected chi connectivity index (χ1v) is 13.0. The van der Waals surface area contributed by atoms with Gasteiger partial charge in [-0.1, -0.05) is 18.2 Å². The van der Waals surface area contributed by atoms with Crippen LogP contribution in [-0.2, 0) is 29.4 Å². The smallest absolute Gasteiger partial charge is 0.232 e. The standard InChI is InChI=1S/C24H30N4O2S/c1-31(29,30)28-11-3-5-21-14-20(7-9-24(21)28)17-27-10-2-4-19(16-27)12-18-6-8-23-22(13-18)15-25-26-23/h6-9,13-15,19H,2-5,10-12,16-17H2,1H3,(H,25,26)/t19-/m1/s1. The van der Waals surface area contributed by atoms with Crippen LogP contribution >= 0.6 is 0 Å². The lowest BCUT2D eigenvalue weighted by Crippen LogP contribution is -2.36. The Bertz CT molecular complexity index is 1190. The van der Waals surface area contributed by atoms with Crippen LogP contribution in [-0.4, -0.2) is 49.4 Å². The molecule has 1 aromatic heterocycles. The lowest BCUT2D eigenvalue weighted by atomic mass is 9.90. The van der Waals surface area contributed by atoms with Crippen LogP contribution in [0.3, 0.4) is 0 Å². The third-order valence-electron chi connectivity index (χ3n) is 6.66. The van der Waals surface area contributed by atoms with Gasteiger partial charge in [-0.05, 0) is 79.5 Å². The number of nitrogens with zero attached hydrogens (tertiary/aromatic N) is 3. The zero-order valence-corrected chi connectivity index (χ0v) is 18.9. The average molecular weight is 439 g/mol. The molecule has 2 aliphatic rings. The van der Waals surface area contributed by atoms with Crippen molar-refractivity contribution < 1.29 is 8.42 Å². The Morgan fingerprint density at radius 2 is 1.97 bits per heavy atom. The molecular formula is C24H30N4O2S. The quantitative estimate of drug-likeness (QED) is 0.659. The van der Waals surface area contributed by atoms with E-state index >= 15 is 0 Å². The highest BCUT2D eigenvalue weighted by Gasteiger charge is 2.25. The molecule has 164 valence electrons. The summed E-state index contributed by atoms with van der Waals surface area (Å²) in [6, 6.07) is 12.9. The van der Waals surface area contributed by atoms with Crippen LogP contribution in [0, 0.1) is 5.92 Å². The number of H-pyrrole nitrogens is 1. The number of sulfonamides is 1. The predicted octanol–water partition coefficient (Wildman–Crippen LogP) is 3.73. The molecule has 0 spiro atoms. The summed E-state index contributed by atoms with van der Waals surface area (Å²) in [6.07, 6.45) is 8.63. The Balaban J connectivity index is 1.26. The molecule has 0 unspecified atom stereocenters. The van der Waals surface area contributed by atoms with E-state index in [1.54, 1.807) is 4.31 Å². The number of piperidine rings is 1. The lowest BCUT2D eigenvalue weighted by molar-refractivity contribution is 0.167. The molecule has 0 bridgehead atoms. The molecule has 1 fully saturated rings. The number of anilines is 1. The molecule has 5 rings (SSSR count). The predicted molar refractivity (Wildman–Crippen MR) is 125 cm³/mol. The molecule has 0 amide bonds. The van der Waals surface area contributed by atoms with Gasteiger partial charge in [-0.15, -0.1) is 0 Å². The second kappa shape index (κ2) is 8.28. The molecule has 1 N–H and O–H groups in total. The fourth-order valence-electron chi connectivity index (χ4n) is 5.23.